The smallest absolute Gasteiger partial charge is 0.0140 e. The maximum absolute atomic E-state index is 2.96. The van der Waals surface area contributed by atoms with Crippen LogP contribution in [0.5, 0.6) is 0 Å². The van der Waals surface area contributed by atoms with Crippen molar-refractivity contribution in [3.05, 3.63) is 41.0 Å². The molecule has 0 bridgehead atoms. The molecule has 0 saturated heterocycles. The molecule has 1 aliphatic rings. The molecule has 0 fully saturated rings. The minimum atomic E-state index is 0. The topological polar surface area (TPSA) is 0 Å². The molecule has 0 aliphatic heterocycles. The minimum Gasteiger partial charge on any atom is -0.335 e. The molecule has 0 saturated carbocycles. The van der Waals surface area contributed by atoms with Crippen molar-refractivity contribution in [1.29, 1.82) is 0 Å². The first-order valence-corrected chi connectivity index (χ1v) is 5.18. The van der Waals surface area contributed by atoms with Gasteiger partial charge in [0.1, 0.15) is 0 Å². The molecule has 1 aliphatic carbocycles. The fourth-order valence-electron chi connectivity index (χ4n) is 0.600. The molecule has 0 amide bonds. The summed E-state index contributed by atoms with van der Waals surface area (Å²) in [7, 11) is 0. The van der Waals surface area contributed by atoms with Crippen LogP contribution in [0.4, 0.5) is 0 Å². The maximum atomic E-state index is 2.96. The van der Waals surface area contributed by atoms with Crippen LogP contribution in [0.3, 0.4) is 0 Å². The first-order valence-electron chi connectivity index (χ1n) is 5.18. The van der Waals surface area contributed by atoms with Gasteiger partial charge >= 0.3 is 0 Å². The Hall–Kier alpha value is -0.387. The summed E-state index contributed by atoms with van der Waals surface area (Å²) in [5.41, 5.74) is 12.4. The molecule has 0 N–H and O–H groups in total. The number of hydrogen-bond donors (Lipinski definition) is 0. The van der Waals surface area contributed by atoms with Crippen molar-refractivity contribution in [2.45, 2.75) is 41.5 Å². The Morgan fingerprint density at radius 3 is 1.75 bits per heavy atom. The van der Waals surface area contributed by atoms with Crippen LogP contribution in [0.2, 0.25) is 0 Å². The molecule has 0 atom stereocenters. The summed E-state index contributed by atoms with van der Waals surface area (Å²) >= 11 is 0. The first-order chi connectivity index (χ1) is 6.72. The zero-order chi connectivity index (χ0) is 11.4. The Morgan fingerprint density at radius 2 is 1.56 bits per heavy atom. The van der Waals surface area contributed by atoms with Crippen molar-refractivity contribution in [3.8, 4) is 0 Å². The molecule has 0 aromatic heterocycles. The van der Waals surface area contributed by atoms with Crippen LogP contribution >= 0.6 is 0 Å². The van der Waals surface area contributed by atoms with Crippen LogP contribution in [-0.4, -0.2) is 8.41 Å². The zero-order valence-corrected chi connectivity index (χ0v) is 14.2. The SMILES string of the molecule is CC.CC(C)C1=C=C=C=C=C1.C[CH-]C.[B].[W]. The van der Waals surface area contributed by atoms with Crippen molar-refractivity contribution < 1.29 is 21.1 Å². The van der Waals surface area contributed by atoms with Crippen LogP contribution in [-0.2, 0) is 21.1 Å². The molecule has 0 aromatic rings. The van der Waals surface area contributed by atoms with Crippen molar-refractivity contribution >= 4 is 8.41 Å². The molecule has 1 rings (SSSR count). The summed E-state index contributed by atoms with van der Waals surface area (Å²) in [5.74, 6) is 0.520. The standard InChI is InChI=1S/C9H8.C3H7.C2H6.B.W/c1-8(2)9-6-4-3-5-7-9;1-3-2;1-2;;/h6,8H,1-2H3;3H,1-2H3;1-2H3;;/q;-1;;;. The van der Waals surface area contributed by atoms with Gasteiger partial charge in [0.05, 0.1) is 0 Å². The number of hydrogen-bond acceptors (Lipinski definition) is 0. The van der Waals surface area contributed by atoms with E-state index in [2.05, 4.69) is 36.8 Å². The van der Waals surface area contributed by atoms with Gasteiger partial charge < -0.3 is 6.42 Å². The number of rotatable bonds is 1. The summed E-state index contributed by atoms with van der Waals surface area (Å²) in [6, 6.07) is 0. The molecular formula is C14H21BW-. The summed E-state index contributed by atoms with van der Waals surface area (Å²) in [6.45, 7) is 12.2. The van der Waals surface area contributed by atoms with E-state index in [1.54, 1.807) is 0 Å². The van der Waals surface area contributed by atoms with Crippen LogP contribution in [0, 0.1) is 12.3 Å². The van der Waals surface area contributed by atoms with Gasteiger partial charge in [-0.15, -0.1) is 0 Å². The van der Waals surface area contributed by atoms with Crippen LogP contribution in [0.25, 0.3) is 0 Å². The number of allylic oxidation sites excluding steroid dienone is 2. The summed E-state index contributed by atoms with van der Waals surface area (Å²) in [5, 5.41) is 0. The van der Waals surface area contributed by atoms with Gasteiger partial charge in [0.15, 0.2) is 0 Å². The van der Waals surface area contributed by atoms with E-state index >= 15 is 0 Å². The molecule has 0 heterocycles. The molecule has 87 valence electrons. The quantitative estimate of drug-likeness (QED) is 0.363. The van der Waals surface area contributed by atoms with Crippen molar-refractivity contribution in [3.63, 3.8) is 0 Å². The van der Waals surface area contributed by atoms with E-state index in [1.807, 2.05) is 40.2 Å². The monoisotopic (exact) mass is 384 g/mol. The predicted octanol–water partition coefficient (Wildman–Crippen LogP) is 4.08. The van der Waals surface area contributed by atoms with E-state index in [9.17, 15) is 0 Å². The van der Waals surface area contributed by atoms with E-state index in [4.69, 9.17) is 0 Å². The normalized spacial score (nSPS) is 8.81. The van der Waals surface area contributed by atoms with Gasteiger partial charge in [-0.05, 0) is 17.4 Å². The second-order valence-corrected chi connectivity index (χ2v) is 2.85. The van der Waals surface area contributed by atoms with Gasteiger partial charge in [-0.1, -0.05) is 39.2 Å². The fraction of sp³-hybridized carbons (Fsp3) is 0.500. The molecule has 0 spiro atoms. The van der Waals surface area contributed by atoms with Gasteiger partial charge in [-0.2, -0.15) is 13.8 Å². The Balaban J connectivity index is -0.0000000907. The Bertz CT molecular complexity index is 291. The third-order valence-corrected chi connectivity index (χ3v) is 1.19. The van der Waals surface area contributed by atoms with E-state index in [0.717, 1.165) is 5.57 Å². The Labute approximate surface area is 118 Å². The maximum Gasteiger partial charge on any atom is 0.0140 e. The second-order valence-electron chi connectivity index (χ2n) is 2.85. The first kappa shape index (κ1) is 24.7. The van der Waals surface area contributed by atoms with Gasteiger partial charge in [-0.3, -0.25) is 0 Å². The van der Waals surface area contributed by atoms with Crippen LogP contribution < -0.4 is 0 Å². The van der Waals surface area contributed by atoms with E-state index in [1.165, 1.54) is 0 Å². The summed E-state index contributed by atoms with van der Waals surface area (Å²) in [6.07, 6.45) is 3.89. The third kappa shape index (κ3) is 16.1. The molecule has 2 heteroatoms. The Kier molecular flexibility index (Phi) is 31.0. The van der Waals surface area contributed by atoms with Crippen molar-refractivity contribution in [2.24, 2.45) is 5.92 Å². The molecule has 16 heavy (non-hydrogen) atoms. The minimum absolute atomic E-state index is 0. The zero-order valence-electron chi connectivity index (χ0n) is 11.2. The summed E-state index contributed by atoms with van der Waals surface area (Å²) < 4.78 is 0. The van der Waals surface area contributed by atoms with Gasteiger partial charge in [0.25, 0.3) is 0 Å². The predicted molar refractivity (Wildman–Crippen MR) is 69.7 cm³/mol. The molecule has 0 unspecified atom stereocenters. The van der Waals surface area contributed by atoms with Gasteiger partial charge in [0.2, 0.25) is 0 Å². The second kappa shape index (κ2) is 20.1. The average Bonchev–Trinajstić information content (AvgIpc) is 2.23. The molecular weight excluding hydrogens is 363 g/mol. The van der Waals surface area contributed by atoms with Crippen LogP contribution in [0.15, 0.2) is 34.6 Å². The van der Waals surface area contributed by atoms with E-state index in [0.29, 0.717) is 5.92 Å². The van der Waals surface area contributed by atoms with Crippen molar-refractivity contribution in [1.82, 2.24) is 0 Å². The Morgan fingerprint density at radius 1 is 1.12 bits per heavy atom. The van der Waals surface area contributed by atoms with Crippen LogP contribution in [0.1, 0.15) is 41.5 Å². The van der Waals surface area contributed by atoms with E-state index < -0.39 is 0 Å². The largest absolute Gasteiger partial charge is 0.335 e. The summed E-state index contributed by atoms with van der Waals surface area (Å²) in [4.78, 5) is 0. The molecule has 0 aromatic carbocycles. The fourth-order valence-corrected chi connectivity index (χ4v) is 0.600. The average molecular weight is 384 g/mol. The van der Waals surface area contributed by atoms with Gasteiger partial charge in [0, 0.05) is 41.1 Å². The third-order valence-electron chi connectivity index (χ3n) is 1.19. The molecule has 0 nitrogen and oxygen atoms in total. The molecule has 3 radical (unpaired) electrons. The van der Waals surface area contributed by atoms with Gasteiger partial charge in [-0.25, -0.2) is 0 Å². The van der Waals surface area contributed by atoms with E-state index in [-0.39, 0.29) is 29.5 Å². The van der Waals surface area contributed by atoms with Crippen molar-refractivity contribution in [2.75, 3.05) is 0 Å².